The Hall–Kier alpha value is -1.81. The Bertz CT molecular complexity index is 702. The lowest BCUT2D eigenvalue weighted by Crippen LogP contribution is -2.50. The smallest absolute Gasteiger partial charge is 0.329 e. The first-order chi connectivity index (χ1) is 13.7. The van der Waals surface area contributed by atoms with Crippen molar-refractivity contribution in [3.05, 3.63) is 6.20 Å². The SMILES string of the molecule is CC(C)CCN(C(=O)NC(=O)Nc1ncc(SCC(=O)O)s1)C1CCC(C)CC1. The normalized spacial score (nSPS) is 19.0. The van der Waals surface area contributed by atoms with Crippen molar-refractivity contribution in [2.75, 3.05) is 17.6 Å². The fraction of sp³-hybridized carbons (Fsp3) is 0.684. The number of hydrogen-bond donors (Lipinski definition) is 3. The summed E-state index contributed by atoms with van der Waals surface area (Å²) < 4.78 is 0.684. The summed E-state index contributed by atoms with van der Waals surface area (Å²) in [7, 11) is 0. The van der Waals surface area contributed by atoms with Crippen molar-refractivity contribution in [2.45, 2.75) is 63.1 Å². The predicted octanol–water partition coefficient (Wildman–Crippen LogP) is 4.49. The molecule has 8 nitrogen and oxygen atoms in total. The Morgan fingerprint density at radius 3 is 2.62 bits per heavy atom. The zero-order valence-corrected chi connectivity index (χ0v) is 18.8. The van der Waals surface area contributed by atoms with Gasteiger partial charge in [0.1, 0.15) is 0 Å². The third kappa shape index (κ3) is 8.22. The molecule has 2 rings (SSSR count). The molecule has 1 aliphatic rings. The van der Waals surface area contributed by atoms with E-state index in [-0.39, 0.29) is 17.8 Å². The number of rotatable bonds is 8. The maximum absolute atomic E-state index is 12.8. The minimum atomic E-state index is -0.917. The number of hydrogen-bond acceptors (Lipinski definition) is 6. The Kier molecular flexibility index (Phi) is 9.22. The first kappa shape index (κ1) is 23.5. The number of carbonyl (C=O) groups excluding carboxylic acids is 2. The number of amides is 4. The van der Waals surface area contributed by atoms with Gasteiger partial charge in [-0.1, -0.05) is 32.1 Å². The number of urea groups is 2. The Morgan fingerprint density at radius 2 is 2.00 bits per heavy atom. The summed E-state index contributed by atoms with van der Waals surface area (Å²) in [5.74, 6) is 0.165. The Labute approximate surface area is 179 Å². The first-order valence-electron chi connectivity index (χ1n) is 9.93. The summed E-state index contributed by atoms with van der Waals surface area (Å²) in [4.78, 5) is 41.5. The summed E-state index contributed by atoms with van der Waals surface area (Å²) in [5, 5.41) is 14.0. The zero-order chi connectivity index (χ0) is 21.4. The monoisotopic (exact) mass is 442 g/mol. The number of thiazole rings is 1. The van der Waals surface area contributed by atoms with Gasteiger partial charge in [0.15, 0.2) is 5.13 Å². The van der Waals surface area contributed by atoms with Crippen molar-refractivity contribution in [3.63, 3.8) is 0 Å². The minimum absolute atomic E-state index is 0.0723. The fourth-order valence-corrected chi connectivity index (χ4v) is 4.80. The lowest BCUT2D eigenvalue weighted by Gasteiger charge is -2.36. The summed E-state index contributed by atoms with van der Waals surface area (Å²) in [6, 6.07) is -0.839. The van der Waals surface area contributed by atoms with E-state index in [0.29, 0.717) is 27.7 Å². The van der Waals surface area contributed by atoms with Crippen molar-refractivity contribution in [2.24, 2.45) is 11.8 Å². The number of carboxylic acids is 1. The number of anilines is 1. The molecule has 0 unspecified atom stereocenters. The summed E-state index contributed by atoms with van der Waals surface area (Å²) in [5.41, 5.74) is 0. The van der Waals surface area contributed by atoms with Crippen molar-refractivity contribution in [3.8, 4) is 0 Å². The highest BCUT2D eigenvalue weighted by Crippen LogP contribution is 2.29. The molecule has 0 saturated heterocycles. The van der Waals surface area contributed by atoms with Crippen LogP contribution in [-0.4, -0.2) is 51.4 Å². The van der Waals surface area contributed by atoms with E-state index >= 15 is 0 Å². The van der Waals surface area contributed by atoms with Crippen molar-refractivity contribution in [1.82, 2.24) is 15.2 Å². The average molecular weight is 443 g/mol. The molecule has 162 valence electrons. The number of nitrogens with one attached hydrogen (secondary N) is 2. The largest absolute Gasteiger partial charge is 0.481 e. The molecule has 0 atom stereocenters. The number of imide groups is 1. The second-order valence-electron chi connectivity index (χ2n) is 7.84. The molecule has 1 heterocycles. The van der Waals surface area contributed by atoms with Crippen LogP contribution in [0.5, 0.6) is 0 Å². The van der Waals surface area contributed by atoms with Crippen molar-refractivity contribution >= 4 is 46.3 Å². The van der Waals surface area contributed by atoms with Crippen LogP contribution in [0.25, 0.3) is 0 Å². The van der Waals surface area contributed by atoms with Crippen LogP contribution in [0.1, 0.15) is 52.9 Å². The van der Waals surface area contributed by atoms with Gasteiger partial charge in [-0.15, -0.1) is 11.8 Å². The topological polar surface area (TPSA) is 112 Å². The molecular weight excluding hydrogens is 412 g/mol. The maximum Gasteiger partial charge on any atom is 0.329 e. The third-order valence-corrected chi connectivity index (χ3v) is 6.99. The van der Waals surface area contributed by atoms with Crippen LogP contribution in [0.15, 0.2) is 10.4 Å². The number of carbonyl (C=O) groups is 3. The molecule has 1 aromatic rings. The standard InChI is InChI=1S/C19H30N4O4S2/c1-12(2)8-9-23(14-6-4-13(3)5-7-14)19(27)22-17(26)21-18-20-10-16(29-18)28-11-15(24)25/h10,12-14H,4-9,11H2,1-3H3,(H,24,25)(H2,20,21,22,26,27). The van der Waals surface area contributed by atoms with Crippen LogP contribution in [0.3, 0.4) is 0 Å². The molecule has 0 bridgehead atoms. The average Bonchev–Trinajstić information content (AvgIpc) is 3.08. The van der Waals surface area contributed by atoms with E-state index in [2.05, 4.69) is 36.4 Å². The molecule has 1 aromatic heterocycles. The van der Waals surface area contributed by atoms with Gasteiger partial charge in [-0.3, -0.25) is 15.4 Å². The Balaban J connectivity index is 1.91. The van der Waals surface area contributed by atoms with E-state index in [4.69, 9.17) is 5.11 Å². The van der Waals surface area contributed by atoms with Crippen molar-refractivity contribution < 1.29 is 19.5 Å². The zero-order valence-electron chi connectivity index (χ0n) is 17.1. The summed E-state index contributed by atoms with van der Waals surface area (Å²) in [6.07, 6.45) is 6.51. The highest BCUT2D eigenvalue weighted by molar-refractivity contribution is 8.01. The van der Waals surface area contributed by atoms with Gasteiger partial charge >= 0.3 is 18.0 Å². The van der Waals surface area contributed by atoms with Crippen LogP contribution in [0.2, 0.25) is 0 Å². The lowest BCUT2D eigenvalue weighted by atomic mass is 9.86. The second kappa shape index (κ2) is 11.4. The molecule has 3 N–H and O–H groups in total. The Morgan fingerprint density at radius 1 is 1.31 bits per heavy atom. The van der Waals surface area contributed by atoms with E-state index in [9.17, 15) is 14.4 Å². The third-order valence-electron chi connectivity index (χ3n) is 4.90. The predicted molar refractivity (Wildman–Crippen MR) is 116 cm³/mol. The molecule has 1 aliphatic carbocycles. The quantitative estimate of drug-likeness (QED) is 0.512. The van der Waals surface area contributed by atoms with Crippen molar-refractivity contribution in [1.29, 1.82) is 0 Å². The van der Waals surface area contributed by atoms with Gasteiger partial charge in [0.2, 0.25) is 0 Å². The molecule has 0 spiro atoms. The van der Waals surface area contributed by atoms with Gasteiger partial charge in [-0.2, -0.15) is 0 Å². The van der Waals surface area contributed by atoms with Gasteiger partial charge in [-0.25, -0.2) is 14.6 Å². The lowest BCUT2D eigenvalue weighted by molar-refractivity contribution is -0.133. The van der Waals surface area contributed by atoms with E-state index < -0.39 is 12.0 Å². The fourth-order valence-electron chi connectivity index (χ4n) is 3.22. The minimum Gasteiger partial charge on any atom is -0.481 e. The highest BCUT2D eigenvalue weighted by Gasteiger charge is 2.28. The highest BCUT2D eigenvalue weighted by atomic mass is 32.2. The van der Waals surface area contributed by atoms with Crippen LogP contribution in [0, 0.1) is 11.8 Å². The molecule has 1 fully saturated rings. The molecule has 0 aliphatic heterocycles. The number of carboxylic acid groups (broad SMARTS) is 1. The van der Waals surface area contributed by atoms with Gasteiger partial charge in [0.25, 0.3) is 0 Å². The maximum atomic E-state index is 12.8. The number of nitrogens with zero attached hydrogens (tertiary/aromatic N) is 2. The van der Waals surface area contributed by atoms with Gasteiger partial charge < -0.3 is 10.0 Å². The van der Waals surface area contributed by atoms with Crippen LogP contribution in [0.4, 0.5) is 14.7 Å². The molecular formula is C19H30N4O4S2. The van der Waals surface area contributed by atoms with Crippen LogP contribution in [-0.2, 0) is 4.79 Å². The van der Waals surface area contributed by atoms with E-state index in [1.807, 2.05) is 0 Å². The number of thioether (sulfide) groups is 1. The van der Waals surface area contributed by atoms with Crippen LogP contribution >= 0.6 is 23.1 Å². The van der Waals surface area contributed by atoms with E-state index in [1.165, 1.54) is 17.5 Å². The second-order valence-corrected chi connectivity index (χ2v) is 10.1. The van der Waals surface area contributed by atoms with Gasteiger partial charge in [-0.05, 0) is 43.9 Å². The number of aliphatic carboxylic acids is 1. The van der Waals surface area contributed by atoms with E-state index in [1.54, 1.807) is 4.90 Å². The molecule has 0 radical (unpaired) electrons. The first-order valence-corrected chi connectivity index (χ1v) is 11.7. The number of aromatic nitrogens is 1. The molecule has 4 amide bonds. The molecule has 29 heavy (non-hydrogen) atoms. The molecule has 0 aromatic carbocycles. The molecule has 1 saturated carbocycles. The molecule has 10 heteroatoms. The van der Waals surface area contributed by atoms with Crippen LogP contribution < -0.4 is 10.6 Å². The summed E-state index contributed by atoms with van der Waals surface area (Å²) in [6.45, 7) is 7.10. The summed E-state index contributed by atoms with van der Waals surface area (Å²) >= 11 is 2.31. The van der Waals surface area contributed by atoms with Gasteiger partial charge in [0.05, 0.1) is 16.2 Å². The van der Waals surface area contributed by atoms with Gasteiger partial charge in [0, 0.05) is 12.6 Å². The van der Waals surface area contributed by atoms with E-state index in [0.717, 1.165) is 43.9 Å².